The van der Waals surface area contributed by atoms with E-state index in [4.69, 9.17) is 5.11 Å². The highest BCUT2D eigenvalue weighted by molar-refractivity contribution is 9.10. The number of aliphatic hydroxyl groups excluding tert-OH is 1. The molecule has 2 amide bonds. The molecule has 88 valence electrons. The summed E-state index contributed by atoms with van der Waals surface area (Å²) >= 11 is 3.38. The van der Waals surface area contributed by atoms with Crippen molar-refractivity contribution in [2.24, 2.45) is 0 Å². The molecule has 0 bridgehead atoms. The molecular weight excluding hydrogens is 272 g/mol. The van der Waals surface area contributed by atoms with Gasteiger partial charge in [0.2, 0.25) is 0 Å². The lowest BCUT2D eigenvalue weighted by atomic mass is 10.1. The number of carbonyl (C=O) groups excluding carboxylic acids is 1. The van der Waals surface area contributed by atoms with Crippen molar-refractivity contribution in [1.82, 2.24) is 10.6 Å². The van der Waals surface area contributed by atoms with Crippen LogP contribution in [0.1, 0.15) is 18.5 Å². The number of aliphatic hydroxyl groups is 1. The van der Waals surface area contributed by atoms with Crippen molar-refractivity contribution in [2.45, 2.75) is 13.0 Å². The molecule has 0 saturated carbocycles. The van der Waals surface area contributed by atoms with Gasteiger partial charge in [0.15, 0.2) is 0 Å². The molecule has 0 aliphatic carbocycles. The second-order valence-electron chi connectivity index (χ2n) is 3.40. The summed E-state index contributed by atoms with van der Waals surface area (Å²) < 4.78 is 0.981. The number of nitrogens with one attached hydrogen (secondary N) is 2. The molecule has 1 aromatic rings. The van der Waals surface area contributed by atoms with Gasteiger partial charge in [-0.2, -0.15) is 0 Å². The van der Waals surface area contributed by atoms with Crippen LogP contribution in [0.5, 0.6) is 0 Å². The summed E-state index contributed by atoms with van der Waals surface area (Å²) in [6.45, 7) is 2.11. The Bertz CT molecular complexity index is 358. The Morgan fingerprint density at radius 3 is 2.94 bits per heavy atom. The predicted molar refractivity (Wildman–Crippen MR) is 66.2 cm³/mol. The van der Waals surface area contributed by atoms with Crippen molar-refractivity contribution in [2.75, 3.05) is 13.2 Å². The van der Waals surface area contributed by atoms with Crippen LogP contribution in [0.15, 0.2) is 28.7 Å². The molecule has 0 heterocycles. The Kier molecular flexibility index (Phi) is 5.28. The molecule has 0 radical (unpaired) electrons. The van der Waals surface area contributed by atoms with E-state index in [9.17, 15) is 4.79 Å². The van der Waals surface area contributed by atoms with Gasteiger partial charge in [-0.05, 0) is 24.6 Å². The average molecular weight is 287 g/mol. The van der Waals surface area contributed by atoms with Crippen LogP contribution in [0.3, 0.4) is 0 Å². The van der Waals surface area contributed by atoms with Gasteiger partial charge in [-0.25, -0.2) is 4.79 Å². The van der Waals surface area contributed by atoms with Crippen molar-refractivity contribution in [1.29, 1.82) is 0 Å². The molecular formula is C11H15BrN2O2. The second-order valence-corrected chi connectivity index (χ2v) is 4.32. The maximum absolute atomic E-state index is 11.3. The third kappa shape index (κ3) is 4.20. The van der Waals surface area contributed by atoms with Crippen LogP contribution in [0.4, 0.5) is 4.79 Å². The Labute approximate surface area is 103 Å². The Morgan fingerprint density at radius 1 is 1.56 bits per heavy atom. The summed E-state index contributed by atoms with van der Waals surface area (Å²) in [5, 5.41) is 13.9. The van der Waals surface area contributed by atoms with Crippen LogP contribution in [-0.2, 0) is 0 Å². The van der Waals surface area contributed by atoms with Gasteiger partial charge < -0.3 is 15.7 Å². The van der Waals surface area contributed by atoms with E-state index >= 15 is 0 Å². The third-order valence-corrected chi connectivity index (χ3v) is 2.59. The molecule has 1 rings (SSSR count). The summed E-state index contributed by atoms with van der Waals surface area (Å²) in [5.74, 6) is 0. The molecule has 0 aromatic heterocycles. The Hall–Kier alpha value is -1.07. The van der Waals surface area contributed by atoms with E-state index in [-0.39, 0.29) is 25.2 Å². The summed E-state index contributed by atoms with van der Waals surface area (Å²) in [6.07, 6.45) is 0. The normalized spacial score (nSPS) is 11.9. The zero-order valence-electron chi connectivity index (χ0n) is 9.03. The highest BCUT2D eigenvalue weighted by atomic mass is 79.9. The molecule has 1 aromatic carbocycles. The summed E-state index contributed by atoms with van der Waals surface area (Å²) in [7, 11) is 0. The van der Waals surface area contributed by atoms with Gasteiger partial charge in [0.1, 0.15) is 0 Å². The Morgan fingerprint density at radius 2 is 2.31 bits per heavy atom. The van der Waals surface area contributed by atoms with Crippen molar-refractivity contribution < 1.29 is 9.90 Å². The van der Waals surface area contributed by atoms with Gasteiger partial charge in [0, 0.05) is 11.0 Å². The SMILES string of the molecule is CC(NC(=O)NCCO)c1cccc(Br)c1. The first-order chi connectivity index (χ1) is 7.63. The smallest absolute Gasteiger partial charge is 0.315 e. The van der Waals surface area contributed by atoms with Crippen molar-refractivity contribution in [3.05, 3.63) is 34.3 Å². The summed E-state index contributed by atoms with van der Waals surface area (Å²) in [4.78, 5) is 11.3. The van der Waals surface area contributed by atoms with Gasteiger partial charge in [-0.3, -0.25) is 0 Å². The van der Waals surface area contributed by atoms with Crippen LogP contribution < -0.4 is 10.6 Å². The van der Waals surface area contributed by atoms with Crippen LogP contribution >= 0.6 is 15.9 Å². The van der Waals surface area contributed by atoms with Crippen LogP contribution in [0.2, 0.25) is 0 Å². The molecule has 5 heteroatoms. The molecule has 0 spiro atoms. The first-order valence-electron chi connectivity index (χ1n) is 5.04. The van der Waals surface area contributed by atoms with E-state index in [0.717, 1.165) is 10.0 Å². The highest BCUT2D eigenvalue weighted by Crippen LogP contribution is 2.17. The second kappa shape index (κ2) is 6.50. The van der Waals surface area contributed by atoms with Crippen LogP contribution in [0, 0.1) is 0 Å². The van der Waals surface area contributed by atoms with E-state index in [1.54, 1.807) is 0 Å². The van der Waals surface area contributed by atoms with Crippen LogP contribution in [-0.4, -0.2) is 24.3 Å². The fourth-order valence-electron chi connectivity index (χ4n) is 1.28. The monoisotopic (exact) mass is 286 g/mol. The van der Waals surface area contributed by atoms with Gasteiger partial charge >= 0.3 is 6.03 Å². The maximum Gasteiger partial charge on any atom is 0.315 e. The Balaban J connectivity index is 2.52. The molecule has 16 heavy (non-hydrogen) atoms. The molecule has 0 fully saturated rings. The fourth-order valence-corrected chi connectivity index (χ4v) is 1.69. The predicted octanol–water partition coefficient (Wildman–Crippen LogP) is 1.80. The van der Waals surface area contributed by atoms with Gasteiger partial charge in [0.05, 0.1) is 12.6 Å². The number of hydrogen-bond donors (Lipinski definition) is 3. The lowest BCUT2D eigenvalue weighted by molar-refractivity contribution is 0.231. The first kappa shape index (κ1) is 13.0. The molecule has 0 aliphatic heterocycles. The van der Waals surface area contributed by atoms with E-state index in [2.05, 4.69) is 26.6 Å². The molecule has 1 unspecified atom stereocenters. The summed E-state index contributed by atoms with van der Waals surface area (Å²) in [6, 6.07) is 7.40. The average Bonchev–Trinajstić information content (AvgIpc) is 2.26. The maximum atomic E-state index is 11.3. The zero-order valence-corrected chi connectivity index (χ0v) is 10.6. The molecule has 3 N–H and O–H groups in total. The van der Waals surface area contributed by atoms with E-state index in [1.165, 1.54) is 0 Å². The topological polar surface area (TPSA) is 61.4 Å². The van der Waals surface area contributed by atoms with Crippen molar-refractivity contribution in [3.63, 3.8) is 0 Å². The molecule has 4 nitrogen and oxygen atoms in total. The minimum Gasteiger partial charge on any atom is -0.395 e. The largest absolute Gasteiger partial charge is 0.395 e. The number of halogens is 1. The quantitative estimate of drug-likeness (QED) is 0.790. The van der Waals surface area contributed by atoms with E-state index in [1.807, 2.05) is 31.2 Å². The lowest BCUT2D eigenvalue weighted by Crippen LogP contribution is -2.38. The molecule has 0 aliphatic rings. The number of urea groups is 1. The minimum atomic E-state index is -0.276. The number of hydrogen-bond acceptors (Lipinski definition) is 2. The first-order valence-corrected chi connectivity index (χ1v) is 5.83. The number of rotatable bonds is 4. The molecule has 0 saturated heterocycles. The number of carbonyl (C=O) groups is 1. The summed E-state index contributed by atoms with van der Waals surface area (Å²) in [5.41, 5.74) is 1.02. The van der Waals surface area contributed by atoms with E-state index in [0.29, 0.717) is 0 Å². The minimum absolute atomic E-state index is 0.0569. The number of benzene rings is 1. The van der Waals surface area contributed by atoms with E-state index < -0.39 is 0 Å². The zero-order chi connectivity index (χ0) is 12.0. The van der Waals surface area contributed by atoms with Gasteiger partial charge in [0.25, 0.3) is 0 Å². The third-order valence-electron chi connectivity index (χ3n) is 2.09. The highest BCUT2D eigenvalue weighted by Gasteiger charge is 2.08. The van der Waals surface area contributed by atoms with Gasteiger partial charge in [-0.1, -0.05) is 28.1 Å². The molecule has 1 atom stereocenters. The fraction of sp³-hybridized carbons (Fsp3) is 0.364. The standard InChI is InChI=1S/C11H15BrN2O2/c1-8(14-11(16)13-5-6-15)9-3-2-4-10(12)7-9/h2-4,7-8,15H,5-6H2,1H3,(H2,13,14,16). The van der Waals surface area contributed by atoms with Crippen molar-refractivity contribution >= 4 is 22.0 Å². The number of amides is 2. The lowest BCUT2D eigenvalue weighted by Gasteiger charge is -2.14. The van der Waals surface area contributed by atoms with Crippen molar-refractivity contribution in [3.8, 4) is 0 Å². The van der Waals surface area contributed by atoms with Crippen LogP contribution in [0.25, 0.3) is 0 Å². The van der Waals surface area contributed by atoms with Gasteiger partial charge in [-0.15, -0.1) is 0 Å².